The van der Waals surface area contributed by atoms with Crippen molar-refractivity contribution in [2.24, 2.45) is 0 Å². The number of imidazole rings is 1. The van der Waals surface area contributed by atoms with Crippen molar-refractivity contribution < 1.29 is 9.53 Å². The Morgan fingerprint density at radius 2 is 1.49 bits per heavy atom. The highest BCUT2D eigenvalue weighted by atomic mass is 16.5. The van der Waals surface area contributed by atoms with Crippen molar-refractivity contribution in [3.63, 3.8) is 0 Å². The molecular formula is C32H28N6O3. The second-order valence-electron chi connectivity index (χ2n) is 9.67. The van der Waals surface area contributed by atoms with Gasteiger partial charge in [-0.3, -0.25) is 9.13 Å². The number of carbonyl (C=O) groups excluding carboxylic acids is 1. The number of para-hydroxylation sites is 1. The molecule has 0 aliphatic carbocycles. The van der Waals surface area contributed by atoms with Crippen molar-refractivity contribution in [3.8, 4) is 22.5 Å². The van der Waals surface area contributed by atoms with Crippen LogP contribution in [0.5, 0.6) is 0 Å². The molecule has 0 atom stereocenters. The van der Waals surface area contributed by atoms with Crippen LogP contribution in [0, 0.1) is 0 Å². The Hall–Kier alpha value is -5.31. The molecule has 0 saturated heterocycles. The number of hydrogen-bond acceptors (Lipinski definition) is 6. The van der Waals surface area contributed by atoms with E-state index in [4.69, 9.17) is 4.74 Å². The van der Waals surface area contributed by atoms with Gasteiger partial charge < -0.3 is 4.74 Å². The zero-order valence-corrected chi connectivity index (χ0v) is 22.8. The molecule has 0 amide bonds. The molecule has 0 radical (unpaired) electrons. The summed E-state index contributed by atoms with van der Waals surface area (Å²) >= 11 is 0. The van der Waals surface area contributed by atoms with E-state index < -0.39 is 5.97 Å². The highest BCUT2D eigenvalue weighted by Gasteiger charge is 2.20. The average molecular weight is 545 g/mol. The highest BCUT2D eigenvalue weighted by molar-refractivity contribution is 6.02. The number of hydrogen-bond donors (Lipinski definition) is 0. The van der Waals surface area contributed by atoms with Gasteiger partial charge in [0.25, 0.3) is 0 Å². The summed E-state index contributed by atoms with van der Waals surface area (Å²) < 4.78 is 10.1. The second-order valence-corrected chi connectivity index (χ2v) is 9.67. The Morgan fingerprint density at radius 3 is 2.22 bits per heavy atom. The number of aryl methyl sites for hydroxylation is 1. The summed E-state index contributed by atoms with van der Waals surface area (Å²) in [7, 11) is 1.34. The number of nitrogens with zero attached hydrogens (tertiary/aromatic N) is 6. The highest BCUT2D eigenvalue weighted by Crippen LogP contribution is 2.31. The van der Waals surface area contributed by atoms with Gasteiger partial charge in [-0.2, -0.15) is 0 Å². The van der Waals surface area contributed by atoms with Crippen LogP contribution < -0.4 is 5.69 Å². The van der Waals surface area contributed by atoms with E-state index in [2.05, 4.69) is 15.5 Å². The molecule has 9 nitrogen and oxygen atoms in total. The minimum Gasteiger partial charge on any atom is -0.465 e. The molecule has 0 N–H and O–H groups in total. The maximum Gasteiger partial charge on any atom is 0.340 e. The quantitative estimate of drug-likeness (QED) is 0.250. The number of aromatic nitrogens is 6. The largest absolute Gasteiger partial charge is 0.465 e. The molecule has 0 unspecified atom stereocenters. The number of carbonyl (C=O) groups is 1. The second kappa shape index (κ2) is 11.1. The third-order valence-corrected chi connectivity index (χ3v) is 7.24. The van der Waals surface area contributed by atoms with Crippen LogP contribution >= 0.6 is 0 Å². The molecule has 0 bridgehead atoms. The number of tetrazole rings is 1. The molecule has 0 fully saturated rings. The van der Waals surface area contributed by atoms with Crippen LogP contribution in [0.25, 0.3) is 33.5 Å². The normalized spacial score (nSPS) is 11.2. The lowest BCUT2D eigenvalue weighted by atomic mass is 9.98. The Kier molecular flexibility index (Phi) is 6.99. The lowest BCUT2D eigenvalue weighted by Crippen LogP contribution is -2.24. The van der Waals surface area contributed by atoms with E-state index in [0.29, 0.717) is 42.1 Å². The number of methoxy groups -OCH3 is 1. The van der Waals surface area contributed by atoms with E-state index in [-0.39, 0.29) is 5.69 Å². The summed E-state index contributed by atoms with van der Waals surface area (Å²) in [4.78, 5) is 25.9. The molecule has 0 spiro atoms. The summed E-state index contributed by atoms with van der Waals surface area (Å²) in [5.41, 5.74) is 6.44. The Bertz CT molecular complexity index is 1900. The van der Waals surface area contributed by atoms with Gasteiger partial charge in [0.15, 0.2) is 5.82 Å². The summed E-state index contributed by atoms with van der Waals surface area (Å²) in [5, 5.41) is 12.5. The molecule has 41 heavy (non-hydrogen) atoms. The number of esters is 1. The third-order valence-electron chi connectivity index (χ3n) is 7.24. The summed E-state index contributed by atoms with van der Waals surface area (Å²) in [6.45, 7) is 3.28. The van der Waals surface area contributed by atoms with Crippen LogP contribution in [0.1, 0.15) is 28.4 Å². The van der Waals surface area contributed by atoms with Crippen LogP contribution in [0.2, 0.25) is 0 Å². The van der Waals surface area contributed by atoms with E-state index in [0.717, 1.165) is 27.8 Å². The number of fused-ring (bicyclic) bond motifs is 1. The van der Waals surface area contributed by atoms with Crippen molar-refractivity contribution in [1.29, 1.82) is 0 Å². The molecule has 2 heterocycles. The summed E-state index contributed by atoms with van der Waals surface area (Å²) in [6, 6.07) is 31.5. The first-order valence-corrected chi connectivity index (χ1v) is 13.4. The first-order valence-electron chi connectivity index (χ1n) is 13.4. The fourth-order valence-corrected chi connectivity index (χ4v) is 5.27. The maximum absolute atomic E-state index is 13.4. The Balaban J connectivity index is 1.35. The zero-order chi connectivity index (χ0) is 28.3. The Morgan fingerprint density at radius 1 is 0.780 bits per heavy atom. The molecule has 0 saturated carbocycles. The molecule has 0 aliphatic rings. The SMILES string of the molecule is CCn1c(=O)n(Cc2ccc(-c3ccccc3-c3nnnn3Cc3ccccc3)cc2)c2c(C(=O)OC)cccc21. The average Bonchev–Trinajstić information content (AvgIpc) is 3.59. The van der Waals surface area contributed by atoms with E-state index >= 15 is 0 Å². The topological polar surface area (TPSA) is 96.8 Å². The third kappa shape index (κ3) is 4.82. The predicted molar refractivity (Wildman–Crippen MR) is 157 cm³/mol. The first kappa shape index (κ1) is 25.9. The standard InChI is InChI=1S/C32H28N6O3/c1-3-36-28-15-9-14-27(31(39)41-2)29(28)37(32(36)40)20-23-16-18-24(19-17-23)25-12-7-8-13-26(25)30-33-34-35-38(30)21-22-10-5-4-6-11-22/h4-19H,3,20-21H2,1-2H3. The number of ether oxygens (including phenoxy) is 1. The number of benzene rings is 4. The first-order chi connectivity index (χ1) is 20.1. The smallest absolute Gasteiger partial charge is 0.340 e. The van der Waals surface area contributed by atoms with Gasteiger partial charge in [-0.05, 0) is 51.7 Å². The molecule has 6 aromatic rings. The van der Waals surface area contributed by atoms with Crippen molar-refractivity contribution in [2.75, 3.05) is 7.11 Å². The zero-order valence-electron chi connectivity index (χ0n) is 22.8. The van der Waals surface area contributed by atoms with E-state index in [1.54, 1.807) is 25.9 Å². The van der Waals surface area contributed by atoms with Gasteiger partial charge in [-0.15, -0.1) is 5.10 Å². The fourth-order valence-electron chi connectivity index (χ4n) is 5.27. The van der Waals surface area contributed by atoms with Gasteiger partial charge in [0.1, 0.15) is 0 Å². The van der Waals surface area contributed by atoms with E-state index in [1.165, 1.54) is 7.11 Å². The van der Waals surface area contributed by atoms with Crippen LogP contribution in [0.15, 0.2) is 102 Å². The lowest BCUT2D eigenvalue weighted by molar-refractivity contribution is 0.0602. The summed E-state index contributed by atoms with van der Waals surface area (Å²) in [6.07, 6.45) is 0. The fraction of sp³-hybridized carbons (Fsp3) is 0.156. The van der Waals surface area contributed by atoms with Crippen LogP contribution in [-0.4, -0.2) is 42.4 Å². The van der Waals surface area contributed by atoms with Gasteiger partial charge in [-0.1, -0.05) is 84.9 Å². The van der Waals surface area contributed by atoms with Gasteiger partial charge >= 0.3 is 11.7 Å². The molecule has 9 heteroatoms. The van der Waals surface area contributed by atoms with Crippen molar-refractivity contribution in [1.82, 2.24) is 29.3 Å². The minimum absolute atomic E-state index is 0.168. The lowest BCUT2D eigenvalue weighted by Gasteiger charge is -2.11. The van der Waals surface area contributed by atoms with Crippen LogP contribution in [0.3, 0.4) is 0 Å². The van der Waals surface area contributed by atoms with Gasteiger partial charge in [0.05, 0.1) is 36.8 Å². The van der Waals surface area contributed by atoms with Gasteiger partial charge in [0, 0.05) is 12.1 Å². The monoisotopic (exact) mass is 544 g/mol. The maximum atomic E-state index is 13.4. The van der Waals surface area contributed by atoms with Gasteiger partial charge in [0.2, 0.25) is 0 Å². The molecule has 4 aromatic carbocycles. The summed E-state index contributed by atoms with van der Waals surface area (Å²) in [5.74, 6) is 0.210. The van der Waals surface area contributed by atoms with Crippen LogP contribution in [-0.2, 0) is 24.4 Å². The molecule has 2 aromatic heterocycles. The van der Waals surface area contributed by atoms with E-state index in [1.807, 2.05) is 91.9 Å². The van der Waals surface area contributed by atoms with Gasteiger partial charge in [-0.25, -0.2) is 14.3 Å². The van der Waals surface area contributed by atoms with Crippen LogP contribution in [0.4, 0.5) is 0 Å². The molecular weight excluding hydrogens is 516 g/mol. The van der Waals surface area contributed by atoms with Crippen molar-refractivity contribution >= 4 is 17.0 Å². The van der Waals surface area contributed by atoms with Crippen molar-refractivity contribution in [2.45, 2.75) is 26.6 Å². The van der Waals surface area contributed by atoms with E-state index in [9.17, 15) is 9.59 Å². The minimum atomic E-state index is -0.473. The molecule has 6 rings (SSSR count). The predicted octanol–water partition coefficient (Wildman–Crippen LogP) is 5.03. The Labute approximate surface area is 236 Å². The number of rotatable bonds is 8. The molecule has 0 aliphatic heterocycles. The molecule has 204 valence electrons. The van der Waals surface area contributed by atoms with Crippen molar-refractivity contribution in [3.05, 3.63) is 124 Å².